The van der Waals surface area contributed by atoms with Gasteiger partial charge in [-0.3, -0.25) is 0 Å². The predicted molar refractivity (Wildman–Crippen MR) is 78.1 cm³/mol. The Morgan fingerprint density at radius 1 is 1.45 bits per heavy atom. The Hall–Kier alpha value is -0.950. The highest BCUT2D eigenvalue weighted by Gasteiger charge is 2.30. The van der Waals surface area contributed by atoms with Crippen molar-refractivity contribution in [3.8, 4) is 0 Å². The molecule has 20 heavy (non-hydrogen) atoms. The first-order valence-corrected chi connectivity index (χ1v) is 8.25. The molecule has 1 heterocycles. The van der Waals surface area contributed by atoms with Gasteiger partial charge in [-0.1, -0.05) is 12.1 Å². The van der Waals surface area contributed by atoms with Gasteiger partial charge in [0.25, 0.3) is 0 Å². The Morgan fingerprint density at radius 2 is 2.20 bits per heavy atom. The minimum atomic E-state index is -3.44. The van der Waals surface area contributed by atoms with Gasteiger partial charge in [0.05, 0.1) is 17.6 Å². The molecule has 0 radical (unpaired) electrons. The highest BCUT2D eigenvalue weighted by atomic mass is 32.2. The molecule has 1 N–H and O–H groups in total. The lowest BCUT2D eigenvalue weighted by Crippen LogP contribution is -2.44. The Balaban J connectivity index is 2.35. The van der Waals surface area contributed by atoms with Crippen LogP contribution in [0.1, 0.15) is 18.1 Å². The number of rotatable bonds is 4. The van der Waals surface area contributed by atoms with E-state index in [1.165, 1.54) is 4.31 Å². The van der Waals surface area contributed by atoms with Gasteiger partial charge in [-0.2, -0.15) is 4.31 Å². The fraction of sp³-hybridized carbons (Fsp3) is 0.571. The lowest BCUT2D eigenvalue weighted by atomic mass is 10.1. The van der Waals surface area contributed by atoms with Crippen molar-refractivity contribution in [3.05, 3.63) is 29.3 Å². The van der Waals surface area contributed by atoms with Crippen molar-refractivity contribution in [2.24, 2.45) is 0 Å². The number of hydrogen-bond acceptors (Lipinski definition) is 4. The van der Waals surface area contributed by atoms with Gasteiger partial charge in [-0.15, -0.1) is 0 Å². The van der Waals surface area contributed by atoms with Gasteiger partial charge in [0.15, 0.2) is 0 Å². The van der Waals surface area contributed by atoms with Crippen molar-refractivity contribution in [2.75, 3.05) is 26.7 Å². The lowest BCUT2D eigenvalue weighted by Gasteiger charge is -2.30. The van der Waals surface area contributed by atoms with Gasteiger partial charge in [0.2, 0.25) is 10.0 Å². The molecule has 0 spiro atoms. The van der Waals surface area contributed by atoms with Crippen LogP contribution in [0.2, 0.25) is 0 Å². The summed E-state index contributed by atoms with van der Waals surface area (Å²) in [5.41, 5.74) is 1.75. The van der Waals surface area contributed by atoms with Crippen molar-refractivity contribution < 1.29 is 13.2 Å². The Labute approximate surface area is 121 Å². The number of morpholine rings is 1. The molecule has 1 atom stereocenters. The van der Waals surface area contributed by atoms with Gasteiger partial charge in [-0.05, 0) is 38.1 Å². The zero-order valence-electron chi connectivity index (χ0n) is 12.2. The van der Waals surface area contributed by atoms with Crippen LogP contribution in [0, 0.1) is 6.92 Å². The number of aryl methyl sites for hydroxylation is 1. The third kappa shape index (κ3) is 3.20. The lowest BCUT2D eigenvalue weighted by molar-refractivity contribution is 0.0102. The quantitative estimate of drug-likeness (QED) is 0.905. The molecule has 1 aromatic carbocycles. The molecule has 0 saturated carbocycles. The first kappa shape index (κ1) is 15.4. The van der Waals surface area contributed by atoms with Crippen LogP contribution in [0.3, 0.4) is 0 Å². The minimum Gasteiger partial charge on any atom is -0.376 e. The van der Waals surface area contributed by atoms with E-state index in [0.717, 1.165) is 11.1 Å². The Bertz CT molecular complexity index is 572. The average Bonchev–Trinajstić information content (AvgIpc) is 2.41. The average molecular weight is 298 g/mol. The maximum Gasteiger partial charge on any atom is 0.243 e. The third-order valence-corrected chi connectivity index (χ3v) is 5.46. The first-order valence-electron chi connectivity index (χ1n) is 6.81. The second kappa shape index (κ2) is 6.22. The molecule has 6 heteroatoms. The second-order valence-electron chi connectivity index (χ2n) is 5.17. The summed E-state index contributed by atoms with van der Waals surface area (Å²) in [4.78, 5) is 0.402. The van der Waals surface area contributed by atoms with E-state index in [1.807, 2.05) is 33.0 Å². The van der Waals surface area contributed by atoms with Crippen molar-refractivity contribution in [1.29, 1.82) is 0 Å². The van der Waals surface area contributed by atoms with Crippen molar-refractivity contribution in [2.45, 2.75) is 31.4 Å². The molecule has 1 aromatic rings. The van der Waals surface area contributed by atoms with Crippen molar-refractivity contribution in [1.82, 2.24) is 9.62 Å². The largest absolute Gasteiger partial charge is 0.376 e. The zero-order valence-corrected chi connectivity index (χ0v) is 13.0. The van der Waals surface area contributed by atoms with E-state index in [9.17, 15) is 8.42 Å². The molecule has 1 unspecified atom stereocenters. The van der Waals surface area contributed by atoms with Crippen LogP contribution in [0.15, 0.2) is 23.1 Å². The van der Waals surface area contributed by atoms with E-state index >= 15 is 0 Å². The predicted octanol–water partition coefficient (Wildman–Crippen LogP) is 1.12. The van der Waals surface area contributed by atoms with E-state index in [-0.39, 0.29) is 6.10 Å². The fourth-order valence-corrected chi connectivity index (χ4v) is 4.15. The van der Waals surface area contributed by atoms with Gasteiger partial charge < -0.3 is 10.1 Å². The maximum absolute atomic E-state index is 12.8. The summed E-state index contributed by atoms with van der Waals surface area (Å²) >= 11 is 0. The number of benzene rings is 1. The summed E-state index contributed by atoms with van der Waals surface area (Å²) in [5, 5.41) is 3.04. The van der Waals surface area contributed by atoms with Crippen LogP contribution in [-0.2, 0) is 21.3 Å². The molecule has 2 rings (SSSR count). The molecule has 1 saturated heterocycles. The number of nitrogens with one attached hydrogen (secondary N) is 1. The monoisotopic (exact) mass is 298 g/mol. The van der Waals surface area contributed by atoms with E-state index in [0.29, 0.717) is 31.1 Å². The fourth-order valence-electron chi connectivity index (χ4n) is 2.38. The summed E-state index contributed by atoms with van der Waals surface area (Å²) in [5.74, 6) is 0. The molecule has 0 amide bonds. The van der Waals surface area contributed by atoms with Crippen LogP contribution >= 0.6 is 0 Å². The van der Waals surface area contributed by atoms with Crippen molar-refractivity contribution >= 4 is 10.0 Å². The molecule has 112 valence electrons. The number of nitrogens with zero attached hydrogens (tertiary/aromatic N) is 1. The SMILES string of the molecule is CNCc1ccc(C)c(S(=O)(=O)N2CCOC(C)C2)c1. The van der Waals surface area contributed by atoms with E-state index in [1.54, 1.807) is 6.07 Å². The zero-order chi connectivity index (χ0) is 14.8. The van der Waals surface area contributed by atoms with E-state index < -0.39 is 10.0 Å². The molecule has 1 aliphatic heterocycles. The summed E-state index contributed by atoms with van der Waals surface area (Å²) in [6.45, 7) is 5.67. The van der Waals surface area contributed by atoms with Gasteiger partial charge in [-0.25, -0.2) is 8.42 Å². The highest BCUT2D eigenvalue weighted by Crippen LogP contribution is 2.23. The number of ether oxygens (including phenoxy) is 1. The van der Waals surface area contributed by atoms with Crippen LogP contribution in [0.5, 0.6) is 0 Å². The maximum atomic E-state index is 12.8. The topological polar surface area (TPSA) is 58.6 Å². The molecule has 0 aromatic heterocycles. The van der Waals surface area contributed by atoms with Gasteiger partial charge in [0.1, 0.15) is 0 Å². The summed E-state index contributed by atoms with van der Waals surface area (Å²) in [7, 11) is -1.60. The van der Waals surface area contributed by atoms with Crippen LogP contribution in [0.4, 0.5) is 0 Å². The molecular formula is C14H22N2O3S. The third-order valence-electron chi connectivity index (χ3n) is 3.46. The van der Waals surface area contributed by atoms with E-state index in [4.69, 9.17) is 4.74 Å². The van der Waals surface area contributed by atoms with E-state index in [2.05, 4.69) is 5.32 Å². The molecule has 0 bridgehead atoms. The summed E-state index contributed by atoms with van der Waals surface area (Å²) < 4.78 is 32.5. The standard InChI is InChI=1S/C14H22N2O3S/c1-11-4-5-13(9-15-3)8-14(11)20(17,18)16-6-7-19-12(2)10-16/h4-5,8,12,15H,6-7,9-10H2,1-3H3. The highest BCUT2D eigenvalue weighted by molar-refractivity contribution is 7.89. The molecule has 0 aliphatic carbocycles. The molecule has 1 fully saturated rings. The normalized spacial score (nSPS) is 21.1. The molecule has 5 nitrogen and oxygen atoms in total. The van der Waals surface area contributed by atoms with Crippen molar-refractivity contribution in [3.63, 3.8) is 0 Å². The first-order chi connectivity index (χ1) is 9.45. The Kier molecular flexibility index (Phi) is 4.80. The molecular weight excluding hydrogens is 276 g/mol. The van der Waals surface area contributed by atoms with Gasteiger partial charge in [0, 0.05) is 19.6 Å². The summed E-state index contributed by atoms with van der Waals surface area (Å²) in [6.07, 6.45) is -0.0562. The number of hydrogen-bond donors (Lipinski definition) is 1. The van der Waals surface area contributed by atoms with Crippen LogP contribution in [-0.4, -0.2) is 45.6 Å². The minimum absolute atomic E-state index is 0.0562. The second-order valence-corrected chi connectivity index (χ2v) is 7.08. The Morgan fingerprint density at radius 3 is 2.85 bits per heavy atom. The van der Waals surface area contributed by atoms with Crippen LogP contribution in [0.25, 0.3) is 0 Å². The smallest absolute Gasteiger partial charge is 0.243 e. The number of sulfonamides is 1. The summed E-state index contributed by atoms with van der Waals surface area (Å²) in [6, 6.07) is 5.58. The molecule has 1 aliphatic rings. The van der Waals surface area contributed by atoms with Gasteiger partial charge >= 0.3 is 0 Å². The van der Waals surface area contributed by atoms with Crippen LogP contribution < -0.4 is 5.32 Å².